The van der Waals surface area contributed by atoms with Crippen molar-refractivity contribution in [3.8, 4) is 0 Å². The second-order valence-corrected chi connectivity index (χ2v) is 9.22. The molecule has 2 fully saturated rings. The molecule has 2 aliphatic rings. The van der Waals surface area contributed by atoms with Crippen molar-refractivity contribution in [2.75, 3.05) is 37.7 Å². The largest absolute Gasteiger partial charge is 0.379 e. The number of benzene rings is 1. The lowest BCUT2D eigenvalue weighted by Crippen LogP contribution is -2.46. The summed E-state index contributed by atoms with van der Waals surface area (Å²) < 4.78 is 46.9. The number of ether oxygens (including phenoxy) is 1. The Bertz CT molecular complexity index is 1140. The van der Waals surface area contributed by atoms with Crippen LogP contribution in [0.5, 0.6) is 0 Å². The highest BCUT2D eigenvalue weighted by Crippen LogP contribution is 2.30. The Morgan fingerprint density at radius 3 is 2.72 bits per heavy atom. The number of hydrogen-bond donors (Lipinski definition) is 1. The Kier molecular flexibility index (Phi) is 4.45. The third-order valence-electron chi connectivity index (χ3n) is 5.36. The number of halogens is 1. The molecule has 0 aliphatic carbocycles. The van der Waals surface area contributed by atoms with Gasteiger partial charge in [0, 0.05) is 25.6 Å². The van der Waals surface area contributed by atoms with Gasteiger partial charge in [-0.1, -0.05) is 0 Å². The minimum atomic E-state index is -3.75. The topological polar surface area (TPSA) is 104 Å². The van der Waals surface area contributed by atoms with E-state index in [9.17, 15) is 12.8 Å². The molecule has 0 radical (unpaired) electrons. The summed E-state index contributed by atoms with van der Waals surface area (Å²) in [5, 5.41) is 0. The fraction of sp³-hybridized carbons (Fsp3) is 0.389. The first-order chi connectivity index (χ1) is 14.0. The highest BCUT2D eigenvalue weighted by Gasteiger charge is 2.39. The van der Waals surface area contributed by atoms with Gasteiger partial charge in [0.05, 0.1) is 30.5 Å². The number of rotatable bonds is 3. The number of aromatic amines is 1. The normalized spacial score (nSPS) is 23.3. The Labute approximate surface area is 166 Å². The molecular weight excluding hydrogens is 399 g/mol. The molecule has 1 aromatic carbocycles. The number of anilines is 1. The van der Waals surface area contributed by atoms with Crippen LogP contribution in [0, 0.1) is 11.7 Å². The van der Waals surface area contributed by atoms with E-state index in [0.29, 0.717) is 43.3 Å². The zero-order chi connectivity index (χ0) is 20.0. The summed E-state index contributed by atoms with van der Waals surface area (Å²) in [6, 6.07) is 4.71. The summed E-state index contributed by atoms with van der Waals surface area (Å²) in [5.41, 5.74) is 1.28. The molecule has 2 bridgehead atoms. The molecule has 4 heterocycles. The van der Waals surface area contributed by atoms with Crippen molar-refractivity contribution < 1.29 is 17.5 Å². The molecule has 29 heavy (non-hydrogen) atoms. The lowest BCUT2D eigenvalue weighted by molar-refractivity contribution is 0.0841. The molecule has 3 aromatic rings. The average Bonchev–Trinajstić information content (AvgIpc) is 2.99. The molecule has 2 atom stereocenters. The molecule has 5 rings (SSSR count). The maximum absolute atomic E-state index is 13.3. The van der Waals surface area contributed by atoms with Gasteiger partial charge in [-0.05, 0) is 24.3 Å². The van der Waals surface area contributed by atoms with E-state index < -0.39 is 15.8 Å². The smallest absolute Gasteiger partial charge is 0.243 e. The Morgan fingerprint density at radius 1 is 1.07 bits per heavy atom. The van der Waals surface area contributed by atoms with Gasteiger partial charge >= 0.3 is 0 Å². The second kappa shape index (κ2) is 7.01. The lowest BCUT2D eigenvalue weighted by Gasteiger charge is -2.31. The summed E-state index contributed by atoms with van der Waals surface area (Å²) in [6.45, 7) is 2.01. The van der Waals surface area contributed by atoms with Crippen LogP contribution in [0.4, 0.5) is 10.2 Å². The Balaban J connectivity index is 1.51. The third kappa shape index (κ3) is 3.24. The van der Waals surface area contributed by atoms with Crippen LogP contribution >= 0.6 is 0 Å². The van der Waals surface area contributed by atoms with Crippen LogP contribution in [0.25, 0.3) is 11.2 Å². The molecule has 2 aromatic heterocycles. The molecule has 9 nitrogen and oxygen atoms in total. The van der Waals surface area contributed by atoms with Crippen LogP contribution in [0.2, 0.25) is 0 Å². The maximum atomic E-state index is 13.3. The minimum Gasteiger partial charge on any atom is -0.379 e. The third-order valence-corrected chi connectivity index (χ3v) is 7.21. The van der Waals surface area contributed by atoms with Crippen LogP contribution in [0.3, 0.4) is 0 Å². The van der Waals surface area contributed by atoms with Gasteiger partial charge in [-0.3, -0.25) is 0 Å². The minimum absolute atomic E-state index is 0.0364. The first-order valence-electron chi connectivity index (χ1n) is 9.26. The van der Waals surface area contributed by atoms with Crippen LogP contribution in [-0.2, 0) is 14.8 Å². The van der Waals surface area contributed by atoms with E-state index in [1.807, 2.05) is 0 Å². The lowest BCUT2D eigenvalue weighted by atomic mass is 10.1. The molecule has 2 saturated heterocycles. The van der Waals surface area contributed by atoms with Crippen molar-refractivity contribution in [1.82, 2.24) is 24.2 Å². The van der Waals surface area contributed by atoms with Gasteiger partial charge in [0.15, 0.2) is 11.5 Å². The number of fused-ring (bicyclic) bond motifs is 4. The fourth-order valence-electron chi connectivity index (χ4n) is 3.98. The van der Waals surface area contributed by atoms with Gasteiger partial charge in [0.1, 0.15) is 17.7 Å². The van der Waals surface area contributed by atoms with Crippen molar-refractivity contribution in [3.63, 3.8) is 0 Å². The zero-order valence-corrected chi connectivity index (χ0v) is 16.2. The highest BCUT2D eigenvalue weighted by molar-refractivity contribution is 7.89. The van der Waals surface area contributed by atoms with Crippen LogP contribution in [-0.4, -0.2) is 71.5 Å². The van der Waals surface area contributed by atoms with Gasteiger partial charge in [-0.2, -0.15) is 4.31 Å². The summed E-state index contributed by atoms with van der Waals surface area (Å²) in [4.78, 5) is 18.0. The summed E-state index contributed by atoms with van der Waals surface area (Å²) in [6.07, 6.45) is 3.02. The van der Waals surface area contributed by atoms with Crippen molar-refractivity contribution in [2.24, 2.45) is 5.92 Å². The van der Waals surface area contributed by atoms with Crippen molar-refractivity contribution in [3.05, 3.63) is 42.7 Å². The molecule has 0 amide bonds. The molecule has 1 N–H and O–H groups in total. The quantitative estimate of drug-likeness (QED) is 0.677. The van der Waals surface area contributed by atoms with E-state index in [1.54, 1.807) is 6.33 Å². The van der Waals surface area contributed by atoms with Crippen molar-refractivity contribution >= 4 is 27.0 Å². The van der Waals surface area contributed by atoms with Gasteiger partial charge in [0.2, 0.25) is 10.0 Å². The van der Waals surface area contributed by atoms with E-state index in [1.165, 1.54) is 22.8 Å². The number of nitrogens with one attached hydrogen (secondary N) is 1. The van der Waals surface area contributed by atoms with E-state index in [-0.39, 0.29) is 23.4 Å². The predicted molar refractivity (Wildman–Crippen MR) is 102 cm³/mol. The van der Waals surface area contributed by atoms with Gasteiger partial charge in [-0.25, -0.2) is 27.8 Å². The van der Waals surface area contributed by atoms with Crippen LogP contribution < -0.4 is 4.90 Å². The first kappa shape index (κ1) is 18.4. The molecule has 152 valence electrons. The van der Waals surface area contributed by atoms with Crippen molar-refractivity contribution in [1.29, 1.82) is 0 Å². The fourth-order valence-corrected chi connectivity index (χ4v) is 5.53. The molecule has 0 saturated carbocycles. The number of aromatic nitrogens is 4. The first-order valence-corrected chi connectivity index (χ1v) is 10.7. The second-order valence-electron chi connectivity index (χ2n) is 7.28. The zero-order valence-electron chi connectivity index (χ0n) is 15.4. The molecule has 0 unspecified atom stereocenters. The number of imidazole rings is 1. The van der Waals surface area contributed by atoms with Crippen LogP contribution in [0.1, 0.15) is 0 Å². The van der Waals surface area contributed by atoms with Crippen molar-refractivity contribution in [2.45, 2.75) is 10.9 Å². The Morgan fingerprint density at radius 2 is 1.90 bits per heavy atom. The molecule has 2 aliphatic heterocycles. The SMILES string of the molecule is O=S(=O)(c1ccc(F)cc1)N1C[C@@H]2COC[C@H](C1)N(c1ncnc3nc[nH]c13)C2. The van der Waals surface area contributed by atoms with E-state index >= 15 is 0 Å². The van der Waals surface area contributed by atoms with Gasteiger partial charge in [-0.15, -0.1) is 0 Å². The number of sulfonamides is 1. The number of hydrogen-bond acceptors (Lipinski definition) is 7. The summed E-state index contributed by atoms with van der Waals surface area (Å²) >= 11 is 0. The molecule has 11 heteroatoms. The molecular formula is C18H19FN6O3S. The van der Waals surface area contributed by atoms with Gasteiger partial charge in [0.25, 0.3) is 0 Å². The Hall–Kier alpha value is -2.63. The van der Waals surface area contributed by atoms with Gasteiger partial charge < -0.3 is 14.6 Å². The maximum Gasteiger partial charge on any atom is 0.243 e. The molecule has 0 spiro atoms. The number of nitrogens with zero attached hydrogens (tertiary/aromatic N) is 5. The number of H-pyrrole nitrogens is 1. The van der Waals surface area contributed by atoms with Crippen LogP contribution in [0.15, 0.2) is 41.8 Å². The highest BCUT2D eigenvalue weighted by atomic mass is 32.2. The summed E-state index contributed by atoms with van der Waals surface area (Å²) in [5.74, 6) is 0.184. The predicted octanol–water partition coefficient (Wildman–Crippen LogP) is 1.02. The average molecular weight is 418 g/mol. The van der Waals surface area contributed by atoms with E-state index in [0.717, 1.165) is 12.1 Å². The van der Waals surface area contributed by atoms with E-state index in [4.69, 9.17) is 4.74 Å². The standard InChI is InChI=1S/C18H19FN6O3S/c19-13-1-3-15(4-2-13)29(26,27)24-5-12-6-25(14(7-24)9-28-8-12)18-16-17(21-10-20-16)22-11-23-18/h1-4,10-12,14H,5-9H2,(H,20,21,22,23)/t12-,14-/m0/s1. The van der Waals surface area contributed by atoms with E-state index in [2.05, 4.69) is 24.8 Å². The summed E-state index contributed by atoms with van der Waals surface area (Å²) in [7, 11) is -3.75. The monoisotopic (exact) mass is 418 g/mol.